The number of amides is 1. The van der Waals surface area contributed by atoms with Crippen molar-refractivity contribution in [2.24, 2.45) is 0 Å². The lowest BCUT2D eigenvalue weighted by atomic mass is 10.1. The second-order valence-corrected chi connectivity index (χ2v) is 5.63. The molecule has 2 heterocycles. The molecule has 14 heavy (non-hydrogen) atoms. The summed E-state index contributed by atoms with van der Waals surface area (Å²) in [5.41, 5.74) is 0. The van der Waals surface area contributed by atoms with Crippen LogP contribution in [-0.2, 0) is 15.6 Å². The summed E-state index contributed by atoms with van der Waals surface area (Å²) in [4.78, 5) is 13.5. The molecule has 80 valence electrons. The van der Waals surface area contributed by atoms with Crippen LogP contribution in [0.4, 0.5) is 0 Å². The van der Waals surface area contributed by atoms with E-state index in [0.717, 1.165) is 24.3 Å². The number of nitrogens with zero attached hydrogens (tertiary/aromatic N) is 1. The molecule has 0 radical (unpaired) electrons. The molecule has 2 fully saturated rings. The highest BCUT2D eigenvalue weighted by Gasteiger charge is 2.34. The zero-order valence-electron chi connectivity index (χ0n) is 8.36. The lowest BCUT2D eigenvalue weighted by molar-refractivity contribution is -0.130. The van der Waals surface area contributed by atoms with Crippen LogP contribution in [0.1, 0.15) is 19.8 Å². The summed E-state index contributed by atoms with van der Waals surface area (Å²) in [5.74, 6) is 1.69. The van der Waals surface area contributed by atoms with Crippen molar-refractivity contribution in [3.05, 3.63) is 0 Å². The Morgan fingerprint density at radius 3 is 2.57 bits per heavy atom. The molecule has 4 nitrogen and oxygen atoms in total. The minimum absolute atomic E-state index is 0.152. The van der Waals surface area contributed by atoms with Crippen molar-refractivity contribution >= 4 is 16.7 Å². The van der Waals surface area contributed by atoms with Crippen molar-refractivity contribution in [3.8, 4) is 0 Å². The first-order chi connectivity index (χ1) is 6.68. The lowest BCUT2D eigenvalue weighted by Gasteiger charge is -2.33. The predicted octanol–water partition coefficient (Wildman–Crippen LogP) is -0.325. The van der Waals surface area contributed by atoms with Gasteiger partial charge in [-0.2, -0.15) is 0 Å². The van der Waals surface area contributed by atoms with Crippen molar-refractivity contribution in [3.63, 3.8) is 0 Å². The van der Waals surface area contributed by atoms with Gasteiger partial charge in [0.15, 0.2) is 0 Å². The van der Waals surface area contributed by atoms with E-state index in [1.807, 2.05) is 11.8 Å². The molecular formula is C9H16N2O2S. The van der Waals surface area contributed by atoms with Crippen molar-refractivity contribution in [2.75, 3.05) is 18.1 Å². The summed E-state index contributed by atoms with van der Waals surface area (Å²) in [6.07, 6.45) is 1.94. The monoisotopic (exact) mass is 216 g/mol. The van der Waals surface area contributed by atoms with Gasteiger partial charge in [0.1, 0.15) is 0 Å². The van der Waals surface area contributed by atoms with Gasteiger partial charge in [-0.05, 0) is 19.8 Å². The van der Waals surface area contributed by atoms with E-state index in [1.165, 1.54) is 0 Å². The van der Waals surface area contributed by atoms with Gasteiger partial charge in [0, 0.05) is 28.3 Å². The maximum Gasteiger partial charge on any atom is 0.238 e. The van der Waals surface area contributed by atoms with Crippen LogP contribution in [0.5, 0.6) is 0 Å². The summed E-state index contributed by atoms with van der Waals surface area (Å²) < 4.78 is 11.2. The van der Waals surface area contributed by atoms with Gasteiger partial charge in [-0.25, -0.2) is 0 Å². The fraction of sp³-hybridized carbons (Fsp3) is 0.889. The van der Waals surface area contributed by atoms with Crippen LogP contribution in [0.25, 0.3) is 0 Å². The highest BCUT2D eigenvalue weighted by Crippen LogP contribution is 2.20. The van der Waals surface area contributed by atoms with E-state index in [1.54, 1.807) is 0 Å². The van der Waals surface area contributed by atoms with Gasteiger partial charge in [0.05, 0.1) is 12.7 Å². The van der Waals surface area contributed by atoms with Crippen molar-refractivity contribution in [2.45, 2.75) is 32.0 Å². The third kappa shape index (κ3) is 1.83. The van der Waals surface area contributed by atoms with E-state index in [-0.39, 0.29) is 12.1 Å². The molecule has 1 atom stereocenters. The van der Waals surface area contributed by atoms with Gasteiger partial charge >= 0.3 is 0 Å². The number of rotatable bonds is 1. The Morgan fingerprint density at radius 2 is 2.07 bits per heavy atom. The summed E-state index contributed by atoms with van der Waals surface area (Å²) in [6.45, 7) is 2.47. The Balaban J connectivity index is 2.00. The summed E-state index contributed by atoms with van der Waals surface area (Å²) in [7, 11) is -0.642. The minimum Gasteiger partial charge on any atom is -0.323 e. The van der Waals surface area contributed by atoms with Crippen molar-refractivity contribution < 1.29 is 9.00 Å². The van der Waals surface area contributed by atoms with E-state index in [2.05, 4.69) is 5.32 Å². The second-order valence-electron chi connectivity index (χ2n) is 3.94. The molecule has 1 amide bonds. The smallest absolute Gasteiger partial charge is 0.238 e. The van der Waals surface area contributed by atoms with Crippen LogP contribution in [0, 0.1) is 0 Å². The lowest BCUT2D eigenvalue weighted by Crippen LogP contribution is -2.46. The van der Waals surface area contributed by atoms with Gasteiger partial charge in [-0.3, -0.25) is 14.3 Å². The maximum absolute atomic E-state index is 11.6. The average molecular weight is 216 g/mol. The van der Waals surface area contributed by atoms with Gasteiger partial charge in [-0.1, -0.05) is 0 Å². The molecule has 1 unspecified atom stereocenters. The van der Waals surface area contributed by atoms with E-state index in [0.29, 0.717) is 12.6 Å². The molecule has 0 aromatic carbocycles. The zero-order valence-corrected chi connectivity index (χ0v) is 9.18. The number of hydrogen-bond donors (Lipinski definition) is 1. The first kappa shape index (κ1) is 10.1. The molecule has 0 bridgehead atoms. The topological polar surface area (TPSA) is 49.4 Å². The third-order valence-corrected chi connectivity index (χ3v) is 4.39. The van der Waals surface area contributed by atoms with E-state index in [4.69, 9.17) is 0 Å². The molecule has 2 saturated heterocycles. The van der Waals surface area contributed by atoms with E-state index < -0.39 is 10.8 Å². The summed E-state index contributed by atoms with van der Waals surface area (Å²) in [6, 6.07) is 0.310. The molecule has 1 N–H and O–H groups in total. The number of hydrogen-bond acceptors (Lipinski definition) is 3. The predicted molar refractivity (Wildman–Crippen MR) is 55.2 cm³/mol. The van der Waals surface area contributed by atoms with Crippen LogP contribution in [0.2, 0.25) is 0 Å². The maximum atomic E-state index is 11.6. The van der Waals surface area contributed by atoms with Gasteiger partial charge in [-0.15, -0.1) is 0 Å². The highest BCUT2D eigenvalue weighted by molar-refractivity contribution is 7.85. The molecule has 0 aromatic heterocycles. The molecule has 5 heteroatoms. The normalized spacial score (nSPS) is 39.1. The van der Waals surface area contributed by atoms with Crippen LogP contribution < -0.4 is 5.32 Å². The van der Waals surface area contributed by atoms with E-state index >= 15 is 0 Å². The number of nitrogens with one attached hydrogen (secondary N) is 1. The molecule has 0 spiro atoms. The standard InChI is InChI=1S/C9H16N2O2S/c1-7-10-6-9(12)11(7)8-2-4-14(13)5-3-8/h7-8,10H,2-6H2,1H3. The van der Waals surface area contributed by atoms with Crippen LogP contribution in [-0.4, -0.2) is 45.3 Å². The molecular weight excluding hydrogens is 200 g/mol. The Kier molecular flexibility index (Phi) is 2.88. The van der Waals surface area contributed by atoms with Gasteiger partial charge in [0.25, 0.3) is 0 Å². The van der Waals surface area contributed by atoms with E-state index in [9.17, 15) is 9.00 Å². The molecule has 2 aliphatic heterocycles. The van der Waals surface area contributed by atoms with Crippen molar-refractivity contribution in [1.82, 2.24) is 10.2 Å². The van der Waals surface area contributed by atoms with Gasteiger partial charge in [0.2, 0.25) is 5.91 Å². The largest absolute Gasteiger partial charge is 0.323 e. The summed E-state index contributed by atoms with van der Waals surface area (Å²) in [5, 5.41) is 3.13. The Labute approximate surface area is 86.5 Å². The quantitative estimate of drug-likeness (QED) is 0.653. The molecule has 0 aromatic rings. The number of carbonyl (C=O) groups excluding carboxylic acids is 1. The first-order valence-electron chi connectivity index (χ1n) is 5.08. The first-order valence-corrected chi connectivity index (χ1v) is 6.57. The second kappa shape index (κ2) is 3.98. The Morgan fingerprint density at radius 1 is 1.43 bits per heavy atom. The van der Waals surface area contributed by atoms with Crippen molar-refractivity contribution in [1.29, 1.82) is 0 Å². The van der Waals surface area contributed by atoms with Crippen LogP contribution in [0.3, 0.4) is 0 Å². The molecule has 2 aliphatic rings. The fourth-order valence-electron chi connectivity index (χ4n) is 2.22. The molecule has 0 aliphatic carbocycles. The van der Waals surface area contributed by atoms with Crippen LogP contribution >= 0.6 is 0 Å². The van der Waals surface area contributed by atoms with Gasteiger partial charge < -0.3 is 4.90 Å². The minimum atomic E-state index is -0.642. The average Bonchev–Trinajstić information content (AvgIpc) is 2.49. The summed E-state index contributed by atoms with van der Waals surface area (Å²) >= 11 is 0. The highest BCUT2D eigenvalue weighted by atomic mass is 32.2. The Bertz CT molecular complexity index is 260. The third-order valence-electron chi connectivity index (χ3n) is 3.00. The fourth-order valence-corrected chi connectivity index (χ4v) is 3.49. The zero-order chi connectivity index (χ0) is 10.1. The Hall–Kier alpha value is -0.420. The van der Waals surface area contributed by atoms with Crippen LogP contribution in [0.15, 0.2) is 0 Å². The SMILES string of the molecule is CC1NCC(=O)N1C1CCS(=O)CC1. The number of carbonyl (C=O) groups is 1. The molecule has 2 rings (SSSR count). The molecule has 0 saturated carbocycles.